The lowest BCUT2D eigenvalue weighted by molar-refractivity contribution is -0.231. The molecule has 0 amide bonds. The van der Waals surface area contributed by atoms with Gasteiger partial charge in [-0.25, -0.2) is 0 Å². The number of ether oxygens (including phenoxy) is 3. The van der Waals surface area contributed by atoms with Crippen LogP contribution in [-0.2, 0) is 14.2 Å². The van der Waals surface area contributed by atoms with E-state index in [1.54, 1.807) is 0 Å². The van der Waals surface area contributed by atoms with E-state index in [4.69, 9.17) is 14.2 Å². The number of rotatable bonds is 1. The van der Waals surface area contributed by atoms with Crippen LogP contribution in [0.25, 0.3) is 0 Å². The summed E-state index contributed by atoms with van der Waals surface area (Å²) in [6.45, 7) is 5.44. The van der Waals surface area contributed by atoms with Crippen LogP contribution in [0.1, 0.15) is 20.3 Å². The second-order valence-corrected chi connectivity index (χ2v) is 4.71. The van der Waals surface area contributed by atoms with Crippen molar-refractivity contribution in [2.75, 3.05) is 18.5 Å². The molecule has 0 N–H and O–H groups in total. The molecule has 0 saturated carbocycles. The first-order valence-corrected chi connectivity index (χ1v) is 5.73. The van der Waals surface area contributed by atoms with Crippen molar-refractivity contribution in [1.82, 2.24) is 0 Å². The Morgan fingerprint density at radius 2 is 2.15 bits per heavy atom. The van der Waals surface area contributed by atoms with Crippen molar-refractivity contribution in [1.29, 1.82) is 0 Å². The number of hydrogen-bond acceptors (Lipinski definition) is 3. The summed E-state index contributed by atoms with van der Waals surface area (Å²) in [5.74, 6) is -0.495. The second kappa shape index (κ2) is 3.19. The van der Waals surface area contributed by atoms with Crippen LogP contribution in [0.5, 0.6) is 0 Å². The predicted molar refractivity (Wildman–Crippen MR) is 52.0 cm³/mol. The molecule has 2 atom stereocenters. The molecule has 0 aromatic carbocycles. The quantitative estimate of drug-likeness (QED) is 0.664. The molecule has 3 nitrogen and oxygen atoms in total. The molecule has 0 aromatic heterocycles. The molecule has 2 saturated heterocycles. The minimum atomic E-state index is -0.495. The molecule has 2 heterocycles. The maximum absolute atomic E-state index is 5.88. The standard InChI is InChI=1S/C9H15BrO3/c1-8(2)9(3-4-11-8)12-6-7(5-10)13-9/h7H,3-6H2,1-2H3. The zero-order chi connectivity index (χ0) is 9.53. The lowest BCUT2D eigenvalue weighted by atomic mass is 9.97. The summed E-state index contributed by atoms with van der Waals surface area (Å²) in [6.07, 6.45) is 1.00. The molecular weight excluding hydrogens is 236 g/mol. The van der Waals surface area contributed by atoms with Crippen LogP contribution in [0.15, 0.2) is 0 Å². The van der Waals surface area contributed by atoms with E-state index in [1.165, 1.54) is 0 Å². The van der Waals surface area contributed by atoms with Crippen LogP contribution < -0.4 is 0 Å². The molecule has 2 unspecified atom stereocenters. The maximum Gasteiger partial charge on any atom is 0.199 e. The minimum Gasteiger partial charge on any atom is -0.370 e. The molecule has 2 aliphatic heterocycles. The van der Waals surface area contributed by atoms with Gasteiger partial charge >= 0.3 is 0 Å². The second-order valence-electron chi connectivity index (χ2n) is 4.07. The van der Waals surface area contributed by atoms with Gasteiger partial charge in [0.15, 0.2) is 5.79 Å². The summed E-state index contributed by atoms with van der Waals surface area (Å²) in [5.41, 5.74) is -0.316. The number of alkyl halides is 1. The van der Waals surface area contributed by atoms with Crippen LogP contribution in [0.2, 0.25) is 0 Å². The summed E-state index contributed by atoms with van der Waals surface area (Å²) in [6, 6.07) is 0. The van der Waals surface area contributed by atoms with Crippen molar-refractivity contribution in [3.05, 3.63) is 0 Å². The van der Waals surface area contributed by atoms with Crippen LogP contribution in [0.3, 0.4) is 0 Å². The van der Waals surface area contributed by atoms with Gasteiger partial charge in [0.25, 0.3) is 0 Å². The molecule has 0 radical (unpaired) electrons. The van der Waals surface area contributed by atoms with E-state index in [0.717, 1.165) is 18.4 Å². The molecule has 2 aliphatic rings. The summed E-state index contributed by atoms with van der Waals surface area (Å²) >= 11 is 3.40. The van der Waals surface area contributed by atoms with Crippen molar-refractivity contribution in [3.8, 4) is 0 Å². The van der Waals surface area contributed by atoms with Crippen molar-refractivity contribution in [3.63, 3.8) is 0 Å². The van der Waals surface area contributed by atoms with E-state index in [2.05, 4.69) is 15.9 Å². The molecule has 2 fully saturated rings. The van der Waals surface area contributed by atoms with Gasteiger partial charge in [0.05, 0.1) is 19.3 Å². The first-order chi connectivity index (χ1) is 6.10. The van der Waals surface area contributed by atoms with Gasteiger partial charge in [0.2, 0.25) is 0 Å². The minimum absolute atomic E-state index is 0.168. The Morgan fingerprint density at radius 1 is 1.38 bits per heavy atom. The van der Waals surface area contributed by atoms with E-state index in [9.17, 15) is 0 Å². The Balaban J connectivity index is 2.13. The van der Waals surface area contributed by atoms with Crippen LogP contribution >= 0.6 is 15.9 Å². The van der Waals surface area contributed by atoms with Gasteiger partial charge in [-0.3, -0.25) is 0 Å². The zero-order valence-electron chi connectivity index (χ0n) is 8.01. The van der Waals surface area contributed by atoms with Gasteiger partial charge < -0.3 is 14.2 Å². The molecular formula is C9H15BrO3. The molecule has 76 valence electrons. The average Bonchev–Trinajstić information content (AvgIpc) is 2.60. The highest BCUT2D eigenvalue weighted by Crippen LogP contribution is 2.43. The lowest BCUT2D eigenvalue weighted by Gasteiger charge is -2.34. The SMILES string of the molecule is CC1(C)OCCC12OCC(CBr)O2. The van der Waals surface area contributed by atoms with Gasteiger partial charge in [-0.2, -0.15) is 0 Å². The van der Waals surface area contributed by atoms with Gasteiger partial charge in [-0.05, 0) is 13.8 Å². The lowest BCUT2D eigenvalue weighted by Crippen LogP contribution is -2.47. The van der Waals surface area contributed by atoms with Crippen molar-refractivity contribution in [2.45, 2.75) is 37.8 Å². The zero-order valence-corrected chi connectivity index (χ0v) is 9.59. The average molecular weight is 251 g/mol. The molecule has 2 rings (SSSR count). The van der Waals surface area contributed by atoms with Crippen LogP contribution in [0, 0.1) is 0 Å². The fourth-order valence-corrected chi connectivity index (χ4v) is 2.26. The Morgan fingerprint density at radius 3 is 2.62 bits per heavy atom. The van der Waals surface area contributed by atoms with Gasteiger partial charge in [-0.15, -0.1) is 0 Å². The largest absolute Gasteiger partial charge is 0.370 e. The molecule has 13 heavy (non-hydrogen) atoms. The van der Waals surface area contributed by atoms with E-state index in [-0.39, 0.29) is 11.7 Å². The summed E-state index contributed by atoms with van der Waals surface area (Å²) < 4.78 is 17.2. The number of hydrogen-bond donors (Lipinski definition) is 0. The Kier molecular flexibility index (Phi) is 2.43. The highest BCUT2D eigenvalue weighted by Gasteiger charge is 2.57. The Bertz CT molecular complexity index is 207. The fourth-order valence-electron chi connectivity index (χ4n) is 1.94. The van der Waals surface area contributed by atoms with Crippen LogP contribution in [0.4, 0.5) is 0 Å². The normalized spacial score (nSPS) is 43.2. The third kappa shape index (κ3) is 1.44. The van der Waals surface area contributed by atoms with E-state index < -0.39 is 5.79 Å². The number of halogens is 1. The Hall–Kier alpha value is 0.360. The van der Waals surface area contributed by atoms with Gasteiger partial charge in [0.1, 0.15) is 5.60 Å². The topological polar surface area (TPSA) is 27.7 Å². The van der Waals surface area contributed by atoms with Gasteiger partial charge in [-0.1, -0.05) is 15.9 Å². The van der Waals surface area contributed by atoms with Gasteiger partial charge in [0, 0.05) is 11.8 Å². The van der Waals surface area contributed by atoms with E-state index in [1.807, 2.05) is 13.8 Å². The predicted octanol–water partition coefficient (Wildman–Crippen LogP) is 1.69. The van der Waals surface area contributed by atoms with E-state index >= 15 is 0 Å². The highest BCUT2D eigenvalue weighted by molar-refractivity contribution is 9.09. The first kappa shape index (κ1) is 9.90. The molecule has 1 spiro atoms. The summed E-state index contributed by atoms with van der Waals surface area (Å²) in [4.78, 5) is 0. The molecule has 0 aliphatic carbocycles. The molecule has 4 heteroatoms. The summed E-state index contributed by atoms with van der Waals surface area (Å²) in [5, 5.41) is 0.824. The molecule has 0 bridgehead atoms. The summed E-state index contributed by atoms with van der Waals surface area (Å²) in [7, 11) is 0. The Labute approximate surface area is 86.9 Å². The first-order valence-electron chi connectivity index (χ1n) is 4.61. The smallest absolute Gasteiger partial charge is 0.199 e. The fraction of sp³-hybridized carbons (Fsp3) is 1.00. The van der Waals surface area contributed by atoms with Crippen molar-refractivity contribution < 1.29 is 14.2 Å². The molecule has 0 aromatic rings. The van der Waals surface area contributed by atoms with E-state index in [0.29, 0.717) is 6.61 Å². The monoisotopic (exact) mass is 250 g/mol. The third-order valence-electron chi connectivity index (χ3n) is 2.84. The van der Waals surface area contributed by atoms with Crippen LogP contribution in [-0.4, -0.2) is 36.0 Å². The maximum atomic E-state index is 5.88. The third-order valence-corrected chi connectivity index (χ3v) is 3.57. The highest BCUT2D eigenvalue weighted by atomic mass is 79.9. The van der Waals surface area contributed by atoms with Crippen molar-refractivity contribution in [2.24, 2.45) is 0 Å². The van der Waals surface area contributed by atoms with Crippen molar-refractivity contribution >= 4 is 15.9 Å².